The minimum atomic E-state index is 0.336. The van der Waals surface area contributed by atoms with E-state index in [-0.39, 0.29) is 0 Å². The maximum atomic E-state index is 12.1. The Morgan fingerprint density at radius 3 is 2.80 bits per heavy atom. The van der Waals surface area contributed by atoms with Gasteiger partial charge in [-0.1, -0.05) is 26.2 Å². The molecule has 1 heterocycles. The third-order valence-electron chi connectivity index (χ3n) is 3.36. The Bertz CT molecular complexity index is 244. The van der Waals surface area contributed by atoms with Crippen molar-refractivity contribution in [3.8, 4) is 0 Å². The zero-order valence-electron chi connectivity index (χ0n) is 13.1. The van der Waals surface area contributed by atoms with Crippen LogP contribution in [0.4, 0.5) is 0 Å². The first-order valence-electron chi connectivity index (χ1n) is 7.43. The SMILES string of the molecule is CCCCCCC(=O)N1CCC[C@H]1COPSC.CO. The van der Waals surface area contributed by atoms with Crippen LogP contribution in [0.1, 0.15) is 51.9 Å². The minimum absolute atomic E-state index is 0.336. The molecule has 1 saturated heterocycles. The van der Waals surface area contributed by atoms with E-state index in [1.807, 2.05) is 6.26 Å². The number of hydrogen-bond acceptors (Lipinski definition) is 4. The highest BCUT2D eigenvalue weighted by atomic mass is 32.7. The van der Waals surface area contributed by atoms with Crippen molar-refractivity contribution >= 4 is 25.3 Å². The number of rotatable bonds is 9. The quantitative estimate of drug-likeness (QED) is 0.521. The predicted molar refractivity (Wildman–Crippen MR) is 89.4 cm³/mol. The number of likely N-dealkylation sites (tertiary alicyclic amines) is 1. The summed E-state index contributed by atoms with van der Waals surface area (Å²) in [5.41, 5.74) is 0. The smallest absolute Gasteiger partial charge is 0.222 e. The first-order chi connectivity index (χ1) is 9.79. The molecule has 1 amide bonds. The van der Waals surface area contributed by atoms with Gasteiger partial charge in [-0.2, -0.15) is 0 Å². The maximum Gasteiger partial charge on any atom is 0.222 e. The van der Waals surface area contributed by atoms with Gasteiger partial charge >= 0.3 is 0 Å². The Labute approximate surface area is 129 Å². The molecule has 120 valence electrons. The molecule has 1 rings (SSSR count). The number of aliphatic hydroxyl groups excluding tert-OH is 1. The third-order valence-corrected chi connectivity index (χ3v) is 4.66. The minimum Gasteiger partial charge on any atom is -0.400 e. The molecule has 1 N–H and O–H groups in total. The number of hydrogen-bond donors (Lipinski definition) is 1. The van der Waals surface area contributed by atoms with E-state index in [1.165, 1.54) is 19.3 Å². The van der Waals surface area contributed by atoms with Crippen molar-refractivity contribution in [2.75, 3.05) is 26.5 Å². The zero-order chi connectivity index (χ0) is 15.2. The summed E-state index contributed by atoms with van der Waals surface area (Å²) in [5.74, 6) is 0.338. The van der Waals surface area contributed by atoms with Gasteiger partial charge in [-0.05, 0) is 25.5 Å². The first-order valence-corrected chi connectivity index (χ1v) is 10.3. The highest BCUT2D eigenvalue weighted by Crippen LogP contribution is 2.29. The Morgan fingerprint density at radius 1 is 1.40 bits per heavy atom. The number of aliphatic hydroxyl groups is 1. The largest absolute Gasteiger partial charge is 0.400 e. The summed E-state index contributed by atoms with van der Waals surface area (Å²) in [4.78, 5) is 14.2. The van der Waals surface area contributed by atoms with Crippen LogP contribution in [0.25, 0.3) is 0 Å². The number of carbonyl (C=O) groups excluding carboxylic acids is 1. The van der Waals surface area contributed by atoms with Crippen LogP contribution in [0.2, 0.25) is 0 Å². The fourth-order valence-electron chi connectivity index (χ4n) is 2.37. The van der Waals surface area contributed by atoms with E-state index in [2.05, 4.69) is 11.8 Å². The predicted octanol–water partition coefficient (Wildman–Crippen LogP) is 3.44. The van der Waals surface area contributed by atoms with E-state index >= 15 is 0 Å². The molecule has 0 spiro atoms. The second-order valence-electron chi connectivity index (χ2n) is 4.79. The molecule has 0 bridgehead atoms. The molecule has 1 unspecified atom stereocenters. The molecule has 0 aromatic heterocycles. The molecule has 0 radical (unpaired) electrons. The van der Waals surface area contributed by atoms with Gasteiger partial charge in [0, 0.05) is 20.1 Å². The first kappa shape index (κ1) is 20.2. The molecule has 0 aliphatic carbocycles. The van der Waals surface area contributed by atoms with Gasteiger partial charge in [-0.3, -0.25) is 4.79 Å². The van der Waals surface area contributed by atoms with E-state index < -0.39 is 0 Å². The lowest BCUT2D eigenvalue weighted by Crippen LogP contribution is -2.37. The average Bonchev–Trinajstić information content (AvgIpc) is 2.94. The number of amides is 1. The monoisotopic (exact) mass is 323 g/mol. The Kier molecular flexibility index (Phi) is 14.2. The average molecular weight is 323 g/mol. The summed E-state index contributed by atoms with van der Waals surface area (Å²) >= 11 is 1.72. The van der Waals surface area contributed by atoms with Crippen LogP contribution in [0.3, 0.4) is 0 Å². The standard InChI is InChI=1S/C13H26NO2PS.CH4O/c1-3-4-5-6-9-13(15)14-10-7-8-12(14)11-16-17-18-2;1-2/h12,17H,3-11H2,1-2H3;2H,1H3/t12-;/m0./s1. The summed E-state index contributed by atoms with van der Waals surface area (Å²) in [5, 5.41) is 7.00. The molecular weight excluding hydrogens is 293 g/mol. The van der Waals surface area contributed by atoms with E-state index in [9.17, 15) is 4.79 Å². The van der Waals surface area contributed by atoms with Crippen LogP contribution < -0.4 is 0 Å². The third kappa shape index (κ3) is 8.46. The highest BCUT2D eigenvalue weighted by Gasteiger charge is 2.28. The van der Waals surface area contributed by atoms with Crippen LogP contribution in [0, 0.1) is 0 Å². The fourth-order valence-corrected chi connectivity index (χ4v) is 3.31. The van der Waals surface area contributed by atoms with Crippen LogP contribution in [-0.2, 0) is 9.32 Å². The van der Waals surface area contributed by atoms with E-state index in [4.69, 9.17) is 9.63 Å². The maximum absolute atomic E-state index is 12.1. The van der Waals surface area contributed by atoms with Gasteiger partial charge in [0.15, 0.2) is 0 Å². The molecule has 0 aromatic carbocycles. The van der Waals surface area contributed by atoms with Crippen LogP contribution in [0.15, 0.2) is 0 Å². The van der Waals surface area contributed by atoms with Crippen LogP contribution in [0.5, 0.6) is 0 Å². The summed E-state index contributed by atoms with van der Waals surface area (Å²) in [7, 11) is 1.50. The van der Waals surface area contributed by atoms with Gasteiger partial charge in [0.25, 0.3) is 0 Å². The molecule has 4 nitrogen and oxygen atoms in total. The molecule has 20 heavy (non-hydrogen) atoms. The normalized spacial score (nSPS) is 18.4. The van der Waals surface area contributed by atoms with Gasteiger partial charge in [-0.15, -0.1) is 11.4 Å². The van der Waals surface area contributed by atoms with E-state index in [0.29, 0.717) is 20.0 Å². The number of carbonyl (C=O) groups is 1. The molecule has 1 aliphatic rings. The highest BCUT2D eigenvalue weighted by molar-refractivity contribution is 8.47. The van der Waals surface area contributed by atoms with Gasteiger partial charge in [0.1, 0.15) is 0 Å². The van der Waals surface area contributed by atoms with Crippen molar-refractivity contribution in [1.82, 2.24) is 4.90 Å². The molecule has 0 saturated carbocycles. The summed E-state index contributed by atoms with van der Waals surface area (Å²) in [6.07, 6.45) is 9.72. The second kappa shape index (κ2) is 14.1. The lowest BCUT2D eigenvalue weighted by molar-refractivity contribution is -0.132. The lowest BCUT2D eigenvalue weighted by atomic mass is 10.1. The molecule has 2 atom stereocenters. The van der Waals surface area contributed by atoms with Gasteiger partial charge in [-0.25, -0.2) is 0 Å². The summed E-state index contributed by atoms with van der Waals surface area (Å²) < 4.78 is 5.59. The van der Waals surface area contributed by atoms with Gasteiger partial charge < -0.3 is 14.5 Å². The number of unbranched alkanes of at least 4 members (excludes halogenated alkanes) is 3. The van der Waals surface area contributed by atoms with Gasteiger partial charge in [0.05, 0.1) is 20.7 Å². The molecular formula is C14H30NO3PS. The van der Waals surface area contributed by atoms with Crippen molar-refractivity contribution in [1.29, 1.82) is 0 Å². The number of nitrogens with zero attached hydrogens (tertiary/aromatic N) is 1. The Morgan fingerprint density at radius 2 is 2.15 bits per heavy atom. The van der Waals surface area contributed by atoms with Crippen molar-refractivity contribution in [3.05, 3.63) is 0 Å². The van der Waals surface area contributed by atoms with Crippen molar-refractivity contribution < 1.29 is 14.4 Å². The fraction of sp³-hybridized carbons (Fsp3) is 0.929. The summed E-state index contributed by atoms with van der Waals surface area (Å²) in [6.45, 7) is 3.85. The molecule has 1 fully saturated rings. The lowest BCUT2D eigenvalue weighted by Gasteiger charge is -2.24. The van der Waals surface area contributed by atoms with E-state index in [1.54, 1.807) is 11.4 Å². The van der Waals surface area contributed by atoms with Crippen LogP contribution >= 0.6 is 19.4 Å². The second-order valence-corrected chi connectivity index (χ2v) is 7.38. The van der Waals surface area contributed by atoms with Crippen molar-refractivity contribution in [3.63, 3.8) is 0 Å². The van der Waals surface area contributed by atoms with Crippen LogP contribution in [-0.4, -0.2) is 48.5 Å². The topological polar surface area (TPSA) is 49.8 Å². The molecule has 0 aromatic rings. The Hall–Kier alpha value is 0.170. The van der Waals surface area contributed by atoms with E-state index in [0.717, 1.165) is 45.9 Å². The van der Waals surface area contributed by atoms with Crippen molar-refractivity contribution in [2.45, 2.75) is 57.9 Å². The zero-order valence-corrected chi connectivity index (χ0v) is 14.9. The molecule has 1 aliphatic heterocycles. The molecule has 6 heteroatoms. The summed E-state index contributed by atoms with van der Waals surface area (Å²) in [6, 6.07) is 0.336. The van der Waals surface area contributed by atoms with Gasteiger partial charge in [0.2, 0.25) is 5.91 Å². The van der Waals surface area contributed by atoms with Crippen molar-refractivity contribution in [2.24, 2.45) is 0 Å². The Balaban J connectivity index is 0.00000172.